The number of hydrogen-bond donors (Lipinski definition) is 0. The minimum absolute atomic E-state index is 0.286. The second-order valence-electron chi connectivity index (χ2n) is 3.73. The van der Waals surface area contributed by atoms with E-state index in [1.54, 1.807) is 0 Å². The van der Waals surface area contributed by atoms with Crippen LogP contribution in [0.4, 0.5) is 0 Å². The molecule has 0 aliphatic carbocycles. The van der Waals surface area contributed by atoms with Gasteiger partial charge in [-0.15, -0.1) is 0 Å². The van der Waals surface area contributed by atoms with E-state index in [1.165, 1.54) is 0 Å². The minimum atomic E-state index is 0.286. The Kier molecular flexibility index (Phi) is 2.90. The Labute approximate surface area is 69.0 Å². The SMILES string of the molecule is [C-]#[N+][C@H]1CCN(CC(C)C)C1. The predicted molar refractivity (Wildman–Crippen MR) is 46.3 cm³/mol. The standard InChI is InChI=1S/C9H16N2/c1-8(2)6-11-5-4-9(7-11)10-3/h8-9H,4-7H2,1-2H3/t9-/m0/s1. The third-order valence-electron chi connectivity index (χ3n) is 2.05. The topological polar surface area (TPSA) is 7.60 Å². The van der Waals surface area contributed by atoms with E-state index >= 15 is 0 Å². The third kappa shape index (κ3) is 2.51. The van der Waals surface area contributed by atoms with Gasteiger partial charge in [0.15, 0.2) is 0 Å². The summed E-state index contributed by atoms with van der Waals surface area (Å²) in [5.41, 5.74) is 0. The number of rotatable bonds is 2. The van der Waals surface area contributed by atoms with Gasteiger partial charge in [0, 0.05) is 19.5 Å². The summed E-state index contributed by atoms with van der Waals surface area (Å²) in [4.78, 5) is 5.95. The maximum absolute atomic E-state index is 6.87. The molecule has 0 aromatic heterocycles. The van der Waals surface area contributed by atoms with Crippen molar-refractivity contribution in [1.82, 2.24) is 4.90 Å². The molecule has 0 radical (unpaired) electrons. The van der Waals surface area contributed by atoms with Gasteiger partial charge < -0.3 is 4.85 Å². The van der Waals surface area contributed by atoms with Gasteiger partial charge in [0.2, 0.25) is 6.04 Å². The van der Waals surface area contributed by atoms with Crippen LogP contribution in [-0.4, -0.2) is 30.6 Å². The van der Waals surface area contributed by atoms with Gasteiger partial charge in [-0.05, 0) is 5.92 Å². The number of nitrogens with zero attached hydrogens (tertiary/aromatic N) is 2. The smallest absolute Gasteiger partial charge is 0.237 e. The molecule has 1 saturated heterocycles. The van der Waals surface area contributed by atoms with E-state index in [4.69, 9.17) is 6.57 Å². The molecule has 2 heteroatoms. The fourth-order valence-corrected chi connectivity index (χ4v) is 1.60. The lowest BCUT2D eigenvalue weighted by Gasteiger charge is -2.15. The summed E-state index contributed by atoms with van der Waals surface area (Å²) in [7, 11) is 0. The first-order valence-corrected chi connectivity index (χ1v) is 4.31. The first-order valence-electron chi connectivity index (χ1n) is 4.31. The molecule has 2 nitrogen and oxygen atoms in total. The van der Waals surface area contributed by atoms with Crippen LogP contribution in [0.5, 0.6) is 0 Å². The lowest BCUT2D eigenvalue weighted by atomic mass is 10.2. The average molecular weight is 152 g/mol. The highest BCUT2D eigenvalue weighted by atomic mass is 15.2. The van der Waals surface area contributed by atoms with Crippen LogP contribution in [0.25, 0.3) is 4.85 Å². The Bertz CT molecular complexity index is 157. The summed E-state index contributed by atoms with van der Waals surface area (Å²) >= 11 is 0. The molecule has 1 aliphatic rings. The Morgan fingerprint density at radius 2 is 2.36 bits per heavy atom. The molecule has 1 heterocycles. The van der Waals surface area contributed by atoms with E-state index in [1.807, 2.05) is 0 Å². The van der Waals surface area contributed by atoms with Crippen LogP contribution in [-0.2, 0) is 0 Å². The molecular weight excluding hydrogens is 136 g/mol. The van der Waals surface area contributed by atoms with Crippen LogP contribution >= 0.6 is 0 Å². The fourth-order valence-electron chi connectivity index (χ4n) is 1.60. The summed E-state index contributed by atoms with van der Waals surface area (Å²) in [5.74, 6) is 0.736. The van der Waals surface area contributed by atoms with E-state index in [9.17, 15) is 0 Å². The van der Waals surface area contributed by atoms with Crippen LogP contribution in [0, 0.1) is 12.5 Å². The molecule has 0 aromatic carbocycles. The van der Waals surface area contributed by atoms with Crippen LogP contribution in [0.1, 0.15) is 20.3 Å². The van der Waals surface area contributed by atoms with Crippen molar-refractivity contribution in [3.8, 4) is 0 Å². The maximum Gasteiger partial charge on any atom is 0.237 e. The summed E-state index contributed by atoms with van der Waals surface area (Å²) in [5, 5.41) is 0. The lowest BCUT2D eigenvalue weighted by molar-refractivity contribution is 0.297. The summed E-state index contributed by atoms with van der Waals surface area (Å²) in [6.45, 7) is 14.6. The molecule has 0 N–H and O–H groups in total. The quantitative estimate of drug-likeness (QED) is 0.546. The molecule has 1 fully saturated rings. The molecule has 0 amide bonds. The number of likely N-dealkylation sites (tertiary alicyclic amines) is 1. The van der Waals surface area contributed by atoms with E-state index in [0.717, 1.165) is 32.0 Å². The van der Waals surface area contributed by atoms with Crippen molar-refractivity contribution in [2.45, 2.75) is 26.3 Å². The molecule has 0 spiro atoms. The van der Waals surface area contributed by atoms with Gasteiger partial charge in [0.05, 0.1) is 6.54 Å². The highest BCUT2D eigenvalue weighted by molar-refractivity contribution is 4.88. The van der Waals surface area contributed by atoms with Gasteiger partial charge in [-0.3, -0.25) is 4.90 Å². The predicted octanol–water partition coefficient (Wildman–Crippen LogP) is 1.64. The largest absolute Gasteiger partial charge is 0.312 e. The zero-order chi connectivity index (χ0) is 8.27. The summed E-state index contributed by atoms with van der Waals surface area (Å²) in [6.07, 6.45) is 1.08. The second kappa shape index (κ2) is 3.73. The molecular formula is C9H16N2. The molecule has 1 atom stereocenters. The van der Waals surface area contributed by atoms with Crippen LogP contribution < -0.4 is 0 Å². The molecule has 11 heavy (non-hydrogen) atoms. The first-order chi connectivity index (χ1) is 5.22. The van der Waals surface area contributed by atoms with E-state index in [2.05, 4.69) is 23.6 Å². The monoisotopic (exact) mass is 152 g/mol. The Morgan fingerprint density at radius 3 is 2.82 bits per heavy atom. The maximum atomic E-state index is 6.87. The summed E-state index contributed by atoms with van der Waals surface area (Å²) in [6, 6.07) is 0.286. The normalized spacial score (nSPS) is 25.8. The average Bonchev–Trinajstić information content (AvgIpc) is 2.34. The van der Waals surface area contributed by atoms with E-state index in [0.29, 0.717) is 0 Å². The lowest BCUT2D eigenvalue weighted by Crippen LogP contribution is -2.25. The van der Waals surface area contributed by atoms with Crippen LogP contribution in [0.15, 0.2) is 0 Å². The summed E-state index contributed by atoms with van der Waals surface area (Å²) < 4.78 is 0. The zero-order valence-corrected chi connectivity index (χ0v) is 7.38. The van der Waals surface area contributed by atoms with Gasteiger partial charge >= 0.3 is 0 Å². The van der Waals surface area contributed by atoms with Crippen molar-refractivity contribution < 1.29 is 0 Å². The molecule has 0 saturated carbocycles. The van der Waals surface area contributed by atoms with Crippen molar-refractivity contribution in [3.63, 3.8) is 0 Å². The minimum Gasteiger partial charge on any atom is -0.312 e. The Morgan fingerprint density at radius 1 is 1.64 bits per heavy atom. The Balaban J connectivity index is 2.26. The molecule has 1 rings (SSSR count). The van der Waals surface area contributed by atoms with Gasteiger partial charge in [0.1, 0.15) is 0 Å². The van der Waals surface area contributed by atoms with Crippen molar-refractivity contribution in [1.29, 1.82) is 0 Å². The highest BCUT2D eigenvalue weighted by Gasteiger charge is 2.25. The van der Waals surface area contributed by atoms with Gasteiger partial charge in [-0.1, -0.05) is 13.8 Å². The van der Waals surface area contributed by atoms with Gasteiger partial charge in [-0.2, -0.15) is 0 Å². The van der Waals surface area contributed by atoms with E-state index < -0.39 is 0 Å². The van der Waals surface area contributed by atoms with Crippen molar-refractivity contribution in [2.24, 2.45) is 5.92 Å². The Hall–Kier alpha value is -0.550. The van der Waals surface area contributed by atoms with Crippen molar-refractivity contribution in [3.05, 3.63) is 11.4 Å². The zero-order valence-electron chi connectivity index (χ0n) is 7.38. The molecule has 0 unspecified atom stereocenters. The third-order valence-corrected chi connectivity index (χ3v) is 2.05. The molecule has 0 bridgehead atoms. The molecule has 1 aliphatic heterocycles. The van der Waals surface area contributed by atoms with Crippen LogP contribution in [0.3, 0.4) is 0 Å². The van der Waals surface area contributed by atoms with E-state index in [-0.39, 0.29) is 6.04 Å². The molecule has 62 valence electrons. The number of hydrogen-bond acceptors (Lipinski definition) is 1. The van der Waals surface area contributed by atoms with Gasteiger partial charge in [-0.25, -0.2) is 6.57 Å². The van der Waals surface area contributed by atoms with Crippen LogP contribution in [0.2, 0.25) is 0 Å². The molecule has 0 aromatic rings. The van der Waals surface area contributed by atoms with Gasteiger partial charge in [0.25, 0.3) is 0 Å². The highest BCUT2D eigenvalue weighted by Crippen LogP contribution is 2.13. The first kappa shape index (κ1) is 8.55. The van der Waals surface area contributed by atoms with Crippen molar-refractivity contribution >= 4 is 0 Å². The second-order valence-corrected chi connectivity index (χ2v) is 3.73. The van der Waals surface area contributed by atoms with Crippen molar-refractivity contribution in [2.75, 3.05) is 19.6 Å². The fraction of sp³-hybridized carbons (Fsp3) is 0.889.